The normalized spacial score (nSPS) is 20.2. The number of hydrogen-bond acceptors (Lipinski definition) is 3. The Morgan fingerprint density at radius 1 is 1.47 bits per heavy atom. The molecular formula is C15H22N2OS. The highest BCUT2D eigenvalue weighted by molar-refractivity contribution is 7.80. The molecule has 19 heavy (non-hydrogen) atoms. The average Bonchev–Trinajstić information content (AvgIpc) is 2.41. The van der Waals surface area contributed by atoms with E-state index in [4.69, 9.17) is 22.7 Å². The summed E-state index contributed by atoms with van der Waals surface area (Å²) in [5, 5.41) is 0. The Morgan fingerprint density at radius 3 is 2.89 bits per heavy atom. The fraction of sp³-hybridized carbons (Fsp3) is 0.533. The van der Waals surface area contributed by atoms with Gasteiger partial charge in [0.05, 0.1) is 12.7 Å². The van der Waals surface area contributed by atoms with Gasteiger partial charge in [0.25, 0.3) is 0 Å². The molecule has 0 saturated carbocycles. The van der Waals surface area contributed by atoms with Crippen LogP contribution in [0.4, 0.5) is 0 Å². The van der Waals surface area contributed by atoms with Crippen molar-refractivity contribution in [3.05, 3.63) is 29.3 Å². The minimum absolute atomic E-state index is 0.384. The first-order chi connectivity index (χ1) is 9.11. The smallest absolute Gasteiger partial charge is 0.129 e. The fourth-order valence-electron chi connectivity index (χ4n) is 2.66. The minimum atomic E-state index is 0.384. The number of ether oxygens (including phenoxy) is 1. The lowest BCUT2D eigenvalue weighted by molar-refractivity contribution is 0.152. The Bertz CT molecular complexity index is 461. The van der Waals surface area contributed by atoms with Gasteiger partial charge in [0.1, 0.15) is 10.7 Å². The molecule has 0 aromatic heterocycles. The van der Waals surface area contributed by atoms with Crippen LogP contribution in [0.3, 0.4) is 0 Å². The second kappa shape index (κ2) is 6.35. The lowest BCUT2D eigenvalue weighted by atomic mass is 10.0. The van der Waals surface area contributed by atoms with E-state index in [1.54, 1.807) is 7.11 Å². The number of hydrogen-bond donors (Lipinski definition) is 1. The molecule has 3 nitrogen and oxygen atoms in total. The van der Waals surface area contributed by atoms with Gasteiger partial charge in [-0.2, -0.15) is 0 Å². The Balaban J connectivity index is 2.14. The molecule has 1 aromatic carbocycles. The van der Waals surface area contributed by atoms with Gasteiger partial charge >= 0.3 is 0 Å². The Labute approximate surface area is 120 Å². The quantitative estimate of drug-likeness (QED) is 0.860. The molecule has 4 heteroatoms. The monoisotopic (exact) mass is 278 g/mol. The molecule has 0 aliphatic carbocycles. The summed E-state index contributed by atoms with van der Waals surface area (Å²) in [6.45, 7) is 4.45. The number of piperidine rings is 1. The number of nitrogens with zero attached hydrogens (tertiary/aromatic N) is 1. The summed E-state index contributed by atoms with van der Waals surface area (Å²) in [4.78, 5) is 2.91. The Kier molecular flexibility index (Phi) is 4.77. The van der Waals surface area contributed by atoms with Gasteiger partial charge in [0.15, 0.2) is 0 Å². The molecular weight excluding hydrogens is 256 g/mol. The van der Waals surface area contributed by atoms with Gasteiger partial charge in [-0.1, -0.05) is 24.7 Å². The van der Waals surface area contributed by atoms with Crippen LogP contribution in [0.15, 0.2) is 18.2 Å². The zero-order chi connectivity index (χ0) is 13.8. The van der Waals surface area contributed by atoms with Crippen molar-refractivity contribution in [2.45, 2.75) is 38.8 Å². The topological polar surface area (TPSA) is 38.5 Å². The Hall–Kier alpha value is -1.13. The van der Waals surface area contributed by atoms with Crippen molar-refractivity contribution >= 4 is 17.2 Å². The van der Waals surface area contributed by atoms with Gasteiger partial charge in [-0.25, -0.2) is 0 Å². The molecule has 1 atom stereocenters. The molecule has 0 radical (unpaired) electrons. The number of benzene rings is 1. The molecule has 1 unspecified atom stereocenters. The van der Waals surface area contributed by atoms with Gasteiger partial charge in [0.2, 0.25) is 0 Å². The van der Waals surface area contributed by atoms with E-state index in [1.165, 1.54) is 31.4 Å². The average molecular weight is 278 g/mol. The van der Waals surface area contributed by atoms with E-state index in [2.05, 4.69) is 24.0 Å². The van der Waals surface area contributed by atoms with Crippen molar-refractivity contribution in [2.75, 3.05) is 13.7 Å². The predicted molar refractivity (Wildman–Crippen MR) is 82.6 cm³/mol. The van der Waals surface area contributed by atoms with Crippen LogP contribution >= 0.6 is 12.2 Å². The zero-order valence-electron chi connectivity index (χ0n) is 11.7. The van der Waals surface area contributed by atoms with Crippen LogP contribution in [0.1, 0.15) is 37.3 Å². The number of nitrogens with two attached hydrogens (primary N) is 1. The number of rotatable bonds is 4. The van der Waals surface area contributed by atoms with E-state index >= 15 is 0 Å². The van der Waals surface area contributed by atoms with Crippen molar-refractivity contribution in [3.8, 4) is 5.75 Å². The Morgan fingerprint density at radius 2 is 2.26 bits per heavy atom. The molecule has 2 rings (SSSR count). The van der Waals surface area contributed by atoms with E-state index in [9.17, 15) is 0 Å². The third-order valence-corrected chi connectivity index (χ3v) is 4.08. The first-order valence-corrected chi connectivity index (χ1v) is 7.23. The zero-order valence-corrected chi connectivity index (χ0v) is 12.5. The molecule has 104 valence electrons. The van der Waals surface area contributed by atoms with Crippen molar-refractivity contribution in [2.24, 2.45) is 5.73 Å². The summed E-state index contributed by atoms with van der Waals surface area (Å²) in [5.41, 5.74) is 7.76. The third-order valence-electron chi connectivity index (χ3n) is 3.86. The number of likely N-dealkylation sites (tertiary alicyclic amines) is 1. The van der Waals surface area contributed by atoms with Crippen LogP contribution in [0, 0.1) is 0 Å². The SMILES string of the molecule is COc1cc(CN2CCCCC2C)ccc1C(N)=S. The van der Waals surface area contributed by atoms with Crippen molar-refractivity contribution in [3.63, 3.8) is 0 Å². The molecule has 2 N–H and O–H groups in total. The maximum absolute atomic E-state index is 5.69. The number of thiocarbonyl (C=S) groups is 1. The largest absolute Gasteiger partial charge is 0.496 e. The van der Waals surface area contributed by atoms with Gasteiger partial charge in [-0.3, -0.25) is 4.90 Å². The molecule has 1 saturated heterocycles. The van der Waals surface area contributed by atoms with Gasteiger partial charge in [-0.05, 0) is 44.0 Å². The van der Waals surface area contributed by atoms with Crippen molar-refractivity contribution in [1.82, 2.24) is 4.90 Å². The standard InChI is InChI=1S/C15H22N2OS/c1-11-5-3-4-8-17(11)10-12-6-7-13(15(16)19)14(9-12)18-2/h6-7,9,11H,3-5,8,10H2,1-2H3,(H2,16,19). The summed E-state index contributed by atoms with van der Waals surface area (Å²) in [6.07, 6.45) is 3.94. The van der Waals surface area contributed by atoms with Crippen molar-refractivity contribution in [1.29, 1.82) is 0 Å². The molecule has 1 aliphatic heterocycles. The summed E-state index contributed by atoms with van der Waals surface area (Å²) in [5.74, 6) is 0.773. The number of methoxy groups -OCH3 is 1. The first kappa shape index (κ1) is 14.3. The fourth-order valence-corrected chi connectivity index (χ4v) is 2.83. The van der Waals surface area contributed by atoms with Gasteiger partial charge in [-0.15, -0.1) is 0 Å². The van der Waals surface area contributed by atoms with E-state index in [0.717, 1.165) is 17.9 Å². The summed E-state index contributed by atoms with van der Waals surface area (Å²) in [7, 11) is 1.66. The van der Waals surface area contributed by atoms with E-state index in [0.29, 0.717) is 11.0 Å². The molecule has 1 aromatic rings. The van der Waals surface area contributed by atoms with Gasteiger partial charge < -0.3 is 10.5 Å². The summed E-state index contributed by atoms with van der Waals surface area (Å²) >= 11 is 5.03. The minimum Gasteiger partial charge on any atom is -0.496 e. The third kappa shape index (κ3) is 3.45. The van der Waals surface area contributed by atoms with E-state index in [-0.39, 0.29) is 0 Å². The highest BCUT2D eigenvalue weighted by Gasteiger charge is 2.18. The second-order valence-electron chi connectivity index (χ2n) is 5.21. The molecule has 1 aliphatic rings. The highest BCUT2D eigenvalue weighted by Crippen LogP contribution is 2.24. The highest BCUT2D eigenvalue weighted by atomic mass is 32.1. The van der Waals surface area contributed by atoms with Crippen molar-refractivity contribution < 1.29 is 4.74 Å². The van der Waals surface area contributed by atoms with Crippen LogP contribution in [0.5, 0.6) is 5.75 Å². The summed E-state index contributed by atoms with van der Waals surface area (Å²) < 4.78 is 5.38. The van der Waals surface area contributed by atoms with Crippen LogP contribution in [0.2, 0.25) is 0 Å². The lowest BCUT2D eigenvalue weighted by Gasteiger charge is -2.33. The predicted octanol–water partition coefficient (Wildman–Crippen LogP) is 2.70. The summed E-state index contributed by atoms with van der Waals surface area (Å²) in [6, 6.07) is 6.77. The van der Waals surface area contributed by atoms with Crippen LogP contribution < -0.4 is 10.5 Å². The lowest BCUT2D eigenvalue weighted by Crippen LogP contribution is -2.36. The molecule has 1 fully saturated rings. The van der Waals surface area contributed by atoms with Crippen LogP contribution in [0.25, 0.3) is 0 Å². The first-order valence-electron chi connectivity index (χ1n) is 6.82. The van der Waals surface area contributed by atoms with E-state index in [1.807, 2.05) is 6.07 Å². The molecule has 0 amide bonds. The van der Waals surface area contributed by atoms with Gasteiger partial charge in [0, 0.05) is 12.6 Å². The molecule has 1 heterocycles. The second-order valence-corrected chi connectivity index (χ2v) is 5.65. The maximum Gasteiger partial charge on any atom is 0.129 e. The maximum atomic E-state index is 5.69. The van der Waals surface area contributed by atoms with Crippen LogP contribution in [-0.4, -0.2) is 29.6 Å². The molecule has 0 spiro atoms. The van der Waals surface area contributed by atoms with Crippen LogP contribution in [-0.2, 0) is 6.54 Å². The molecule has 0 bridgehead atoms. The van der Waals surface area contributed by atoms with E-state index < -0.39 is 0 Å².